The summed E-state index contributed by atoms with van der Waals surface area (Å²) in [5.74, 6) is -1.20. The summed E-state index contributed by atoms with van der Waals surface area (Å²) in [6.07, 6.45) is -9.00. The van der Waals surface area contributed by atoms with Crippen LogP contribution in [-0.2, 0) is 15.7 Å². The summed E-state index contributed by atoms with van der Waals surface area (Å²) in [5.41, 5.74) is -2.14. The van der Waals surface area contributed by atoms with Crippen molar-refractivity contribution in [2.24, 2.45) is 0 Å². The van der Waals surface area contributed by atoms with Gasteiger partial charge in [-0.3, -0.25) is 5.10 Å². The van der Waals surface area contributed by atoms with Crippen LogP contribution < -0.4 is 0 Å². The van der Waals surface area contributed by atoms with E-state index in [9.17, 15) is 28.2 Å². The van der Waals surface area contributed by atoms with Crippen molar-refractivity contribution in [3.8, 4) is 0 Å². The number of carbonyl (C=O) groups excluding carboxylic acids is 1. The van der Waals surface area contributed by atoms with Crippen LogP contribution in [-0.4, -0.2) is 39.1 Å². The fourth-order valence-electron chi connectivity index (χ4n) is 1.53. The first-order chi connectivity index (χ1) is 8.70. The molecule has 1 heterocycles. The molecule has 3 N–H and O–H groups in total. The molecule has 1 aromatic rings. The van der Waals surface area contributed by atoms with E-state index in [0.29, 0.717) is 0 Å². The van der Waals surface area contributed by atoms with Crippen LogP contribution in [0.5, 0.6) is 0 Å². The molecule has 0 aliphatic heterocycles. The van der Waals surface area contributed by atoms with Gasteiger partial charge in [0.2, 0.25) is 0 Å². The van der Waals surface area contributed by atoms with Gasteiger partial charge in [-0.1, -0.05) is 0 Å². The van der Waals surface area contributed by atoms with E-state index in [-0.39, 0.29) is 12.3 Å². The first-order valence-electron chi connectivity index (χ1n) is 5.35. The second kappa shape index (κ2) is 5.57. The van der Waals surface area contributed by atoms with Gasteiger partial charge in [-0.15, -0.1) is 0 Å². The number of carbonyl (C=O) groups is 1. The van der Waals surface area contributed by atoms with Gasteiger partial charge in [0.05, 0.1) is 6.61 Å². The number of rotatable bonds is 4. The summed E-state index contributed by atoms with van der Waals surface area (Å²) in [5, 5.41) is 24.2. The molecule has 1 aromatic heterocycles. The van der Waals surface area contributed by atoms with Crippen molar-refractivity contribution in [1.82, 2.24) is 10.2 Å². The smallest absolute Gasteiger partial charge is 0.435 e. The molecule has 0 saturated carbocycles. The van der Waals surface area contributed by atoms with E-state index >= 15 is 0 Å². The SMILES string of the molecule is CCOC(=O)C(O)C(O)c1c(C(F)(F)F)n[nH]c1C. The summed E-state index contributed by atoms with van der Waals surface area (Å²) in [4.78, 5) is 11.2. The van der Waals surface area contributed by atoms with Gasteiger partial charge >= 0.3 is 12.1 Å². The Hall–Kier alpha value is -1.61. The third-order valence-corrected chi connectivity index (χ3v) is 2.39. The number of ether oxygens (including phenoxy) is 1. The van der Waals surface area contributed by atoms with Gasteiger partial charge in [0, 0.05) is 11.3 Å². The third kappa shape index (κ3) is 3.24. The van der Waals surface area contributed by atoms with Crippen LogP contribution in [0, 0.1) is 6.92 Å². The number of aromatic nitrogens is 2. The van der Waals surface area contributed by atoms with Gasteiger partial charge < -0.3 is 14.9 Å². The molecule has 0 aliphatic rings. The normalized spacial score (nSPS) is 15.1. The van der Waals surface area contributed by atoms with Crippen LogP contribution in [0.4, 0.5) is 13.2 Å². The third-order valence-electron chi connectivity index (χ3n) is 2.39. The quantitative estimate of drug-likeness (QED) is 0.706. The number of esters is 1. The Morgan fingerprint density at radius 2 is 2.05 bits per heavy atom. The van der Waals surface area contributed by atoms with Gasteiger partial charge in [-0.05, 0) is 13.8 Å². The van der Waals surface area contributed by atoms with Gasteiger partial charge in [0.25, 0.3) is 0 Å². The number of nitrogens with zero attached hydrogens (tertiary/aromatic N) is 1. The predicted molar refractivity (Wildman–Crippen MR) is 55.9 cm³/mol. The zero-order valence-corrected chi connectivity index (χ0v) is 10.2. The Labute approximate surface area is 106 Å². The monoisotopic (exact) mass is 282 g/mol. The van der Waals surface area contributed by atoms with E-state index in [2.05, 4.69) is 14.9 Å². The molecular weight excluding hydrogens is 269 g/mol. The number of hydrogen-bond donors (Lipinski definition) is 3. The van der Waals surface area contributed by atoms with Crippen LogP contribution in [0.3, 0.4) is 0 Å². The van der Waals surface area contributed by atoms with Crippen molar-refractivity contribution >= 4 is 5.97 Å². The predicted octanol–water partition coefficient (Wildman–Crippen LogP) is 0.694. The summed E-state index contributed by atoms with van der Waals surface area (Å²) >= 11 is 0. The van der Waals surface area contributed by atoms with Crippen molar-refractivity contribution in [1.29, 1.82) is 0 Å². The van der Waals surface area contributed by atoms with E-state index in [1.54, 1.807) is 0 Å². The summed E-state index contributed by atoms with van der Waals surface area (Å²) in [6.45, 7) is 2.62. The molecule has 0 bridgehead atoms. The molecule has 0 aliphatic carbocycles. The van der Waals surface area contributed by atoms with E-state index in [1.807, 2.05) is 0 Å². The molecule has 6 nitrogen and oxygen atoms in total. The van der Waals surface area contributed by atoms with Gasteiger partial charge in [0.1, 0.15) is 6.10 Å². The first kappa shape index (κ1) is 15.4. The first-order valence-corrected chi connectivity index (χ1v) is 5.35. The Morgan fingerprint density at radius 3 is 2.53 bits per heavy atom. The standard InChI is InChI=1S/C10H13F3N2O4/c1-3-19-9(18)7(17)6(16)5-4(2)14-15-8(5)10(11,12)13/h6-7,16-17H,3H2,1-2H3,(H,14,15). The average Bonchev–Trinajstić information content (AvgIpc) is 2.69. The van der Waals surface area contributed by atoms with E-state index < -0.39 is 35.6 Å². The van der Waals surface area contributed by atoms with Gasteiger partial charge in [0.15, 0.2) is 11.8 Å². The van der Waals surface area contributed by atoms with Crippen molar-refractivity contribution in [2.75, 3.05) is 6.61 Å². The van der Waals surface area contributed by atoms with Crippen LogP contribution >= 0.6 is 0 Å². The molecule has 2 atom stereocenters. The summed E-state index contributed by atoms with van der Waals surface area (Å²) < 4.78 is 42.4. The molecule has 2 unspecified atom stereocenters. The Kier molecular flexibility index (Phi) is 4.53. The highest BCUT2D eigenvalue weighted by atomic mass is 19.4. The summed E-state index contributed by atoms with van der Waals surface area (Å²) in [7, 11) is 0. The van der Waals surface area contributed by atoms with Crippen molar-refractivity contribution in [3.63, 3.8) is 0 Å². The number of nitrogens with one attached hydrogen (secondary N) is 1. The molecule has 0 saturated heterocycles. The number of H-pyrrole nitrogens is 1. The van der Waals surface area contributed by atoms with Crippen molar-refractivity contribution < 1.29 is 32.9 Å². The van der Waals surface area contributed by atoms with Crippen molar-refractivity contribution in [3.05, 3.63) is 17.0 Å². The van der Waals surface area contributed by atoms with Crippen LogP contribution in [0.15, 0.2) is 0 Å². The molecule has 1 rings (SSSR count). The minimum absolute atomic E-state index is 0.0703. The number of aliphatic hydroxyl groups excluding tert-OH is 2. The average molecular weight is 282 g/mol. The largest absolute Gasteiger partial charge is 0.464 e. The number of alkyl halides is 3. The zero-order chi connectivity index (χ0) is 14.8. The lowest BCUT2D eigenvalue weighted by Gasteiger charge is -2.18. The lowest BCUT2D eigenvalue weighted by Crippen LogP contribution is -2.31. The molecular formula is C10H13F3N2O4. The maximum Gasteiger partial charge on any atom is 0.435 e. The van der Waals surface area contributed by atoms with E-state index in [4.69, 9.17) is 0 Å². The Morgan fingerprint density at radius 1 is 1.47 bits per heavy atom. The van der Waals surface area contributed by atoms with Gasteiger partial charge in [-0.25, -0.2) is 4.79 Å². The molecule has 0 radical (unpaired) electrons. The lowest BCUT2D eigenvalue weighted by molar-refractivity contribution is -0.161. The van der Waals surface area contributed by atoms with Crippen molar-refractivity contribution in [2.45, 2.75) is 32.2 Å². The Bertz CT molecular complexity index is 458. The number of aromatic amines is 1. The topological polar surface area (TPSA) is 95.4 Å². The van der Waals surface area contributed by atoms with Crippen LogP contribution in [0.25, 0.3) is 0 Å². The number of hydrogen-bond acceptors (Lipinski definition) is 5. The highest BCUT2D eigenvalue weighted by Crippen LogP contribution is 2.35. The molecule has 0 aromatic carbocycles. The van der Waals surface area contributed by atoms with Crippen LogP contribution in [0.1, 0.15) is 30.0 Å². The highest BCUT2D eigenvalue weighted by Gasteiger charge is 2.42. The molecule has 0 fully saturated rings. The maximum atomic E-state index is 12.6. The highest BCUT2D eigenvalue weighted by molar-refractivity contribution is 5.75. The molecule has 9 heteroatoms. The summed E-state index contributed by atoms with van der Waals surface area (Å²) in [6, 6.07) is 0. The minimum atomic E-state index is -4.81. The minimum Gasteiger partial charge on any atom is -0.464 e. The molecule has 19 heavy (non-hydrogen) atoms. The molecule has 0 spiro atoms. The lowest BCUT2D eigenvalue weighted by atomic mass is 10.0. The van der Waals surface area contributed by atoms with Crippen LogP contribution in [0.2, 0.25) is 0 Å². The molecule has 108 valence electrons. The van der Waals surface area contributed by atoms with E-state index in [1.165, 1.54) is 13.8 Å². The second-order valence-electron chi connectivity index (χ2n) is 3.75. The second-order valence-corrected chi connectivity index (χ2v) is 3.75. The number of halogens is 3. The fourth-order valence-corrected chi connectivity index (χ4v) is 1.53. The zero-order valence-electron chi connectivity index (χ0n) is 10.2. The van der Waals surface area contributed by atoms with Gasteiger partial charge in [-0.2, -0.15) is 18.3 Å². The number of aryl methyl sites for hydroxylation is 1. The maximum absolute atomic E-state index is 12.6. The Balaban J connectivity index is 3.09. The number of aliphatic hydroxyl groups is 2. The fraction of sp³-hybridized carbons (Fsp3) is 0.600. The molecule has 0 amide bonds. The van der Waals surface area contributed by atoms with E-state index in [0.717, 1.165) is 0 Å².